The zero-order valence-electron chi connectivity index (χ0n) is 10.0. The highest BCUT2D eigenvalue weighted by Crippen LogP contribution is 2.03. The van der Waals surface area contributed by atoms with Crippen molar-refractivity contribution >= 4 is 12.0 Å². The fourth-order valence-corrected chi connectivity index (χ4v) is 1.77. The van der Waals surface area contributed by atoms with Gasteiger partial charge in [-0.05, 0) is 24.8 Å². The maximum absolute atomic E-state index is 11.9. The molecule has 0 atom stereocenters. The van der Waals surface area contributed by atoms with E-state index in [0.717, 1.165) is 31.7 Å². The number of hydrogen-bond acceptors (Lipinski definition) is 3. The number of pyridine rings is 1. The quantitative estimate of drug-likeness (QED) is 0.709. The molecule has 0 spiro atoms. The molecule has 0 unspecified atom stereocenters. The number of carbonyl (C=O) groups is 1. The lowest BCUT2D eigenvalue weighted by Gasteiger charge is -2.31. The van der Waals surface area contributed by atoms with E-state index in [1.807, 2.05) is 23.1 Å². The lowest BCUT2D eigenvalue weighted by molar-refractivity contribution is -0.127. The van der Waals surface area contributed by atoms with Crippen LogP contribution in [0.25, 0.3) is 6.08 Å². The lowest BCUT2D eigenvalue weighted by Crippen LogP contribution is -2.46. The van der Waals surface area contributed by atoms with Gasteiger partial charge in [-0.2, -0.15) is 0 Å². The van der Waals surface area contributed by atoms with Crippen LogP contribution in [-0.2, 0) is 4.79 Å². The summed E-state index contributed by atoms with van der Waals surface area (Å²) in [6, 6.07) is 3.79. The Morgan fingerprint density at radius 1 is 1.35 bits per heavy atom. The molecule has 1 amide bonds. The summed E-state index contributed by atoms with van der Waals surface area (Å²) in [5, 5.41) is 0. The van der Waals surface area contributed by atoms with Crippen molar-refractivity contribution < 1.29 is 4.79 Å². The number of hydrogen-bond donors (Lipinski definition) is 0. The summed E-state index contributed by atoms with van der Waals surface area (Å²) in [5.74, 6) is 0.0851. The second kappa shape index (κ2) is 5.59. The van der Waals surface area contributed by atoms with Crippen molar-refractivity contribution in [3.05, 3.63) is 36.2 Å². The first-order chi connectivity index (χ1) is 8.25. The third-order valence-corrected chi connectivity index (χ3v) is 2.92. The van der Waals surface area contributed by atoms with E-state index in [2.05, 4.69) is 16.9 Å². The minimum Gasteiger partial charge on any atom is -0.337 e. The number of rotatable bonds is 2. The van der Waals surface area contributed by atoms with Gasteiger partial charge < -0.3 is 9.80 Å². The van der Waals surface area contributed by atoms with Crippen molar-refractivity contribution in [2.45, 2.75) is 0 Å². The summed E-state index contributed by atoms with van der Waals surface area (Å²) in [4.78, 5) is 20.0. The van der Waals surface area contributed by atoms with E-state index >= 15 is 0 Å². The third-order valence-electron chi connectivity index (χ3n) is 2.92. The average Bonchev–Trinajstić information content (AvgIpc) is 2.38. The molecule has 1 aliphatic heterocycles. The van der Waals surface area contributed by atoms with Gasteiger partial charge in [0.05, 0.1) is 0 Å². The SMILES string of the molecule is CN1CCN(C(=O)/C=C/c2cccnc2)CC1. The first-order valence-electron chi connectivity index (χ1n) is 5.81. The molecule has 0 bridgehead atoms. The molecule has 1 saturated heterocycles. The van der Waals surface area contributed by atoms with Crippen molar-refractivity contribution in [3.8, 4) is 0 Å². The van der Waals surface area contributed by atoms with Gasteiger partial charge in [-0.3, -0.25) is 9.78 Å². The molecule has 0 radical (unpaired) electrons. The van der Waals surface area contributed by atoms with Crippen molar-refractivity contribution in [1.29, 1.82) is 0 Å². The highest BCUT2D eigenvalue weighted by atomic mass is 16.2. The lowest BCUT2D eigenvalue weighted by atomic mass is 10.2. The molecule has 90 valence electrons. The summed E-state index contributed by atoms with van der Waals surface area (Å²) < 4.78 is 0. The van der Waals surface area contributed by atoms with Gasteiger partial charge in [-0.1, -0.05) is 6.07 Å². The molecule has 4 nitrogen and oxygen atoms in total. The fraction of sp³-hybridized carbons (Fsp3) is 0.385. The molecule has 1 aromatic heterocycles. The maximum Gasteiger partial charge on any atom is 0.246 e. The topological polar surface area (TPSA) is 36.4 Å². The first kappa shape index (κ1) is 11.8. The average molecular weight is 231 g/mol. The molecule has 0 N–H and O–H groups in total. The second-order valence-electron chi connectivity index (χ2n) is 4.25. The standard InChI is InChI=1S/C13H17N3O/c1-15-7-9-16(10-8-15)13(17)5-4-12-3-2-6-14-11-12/h2-6,11H,7-10H2,1H3/b5-4+. The van der Waals surface area contributed by atoms with Crippen molar-refractivity contribution in [2.75, 3.05) is 33.2 Å². The van der Waals surface area contributed by atoms with Crippen LogP contribution < -0.4 is 0 Å². The maximum atomic E-state index is 11.9. The molecule has 2 heterocycles. The van der Waals surface area contributed by atoms with Crippen LogP contribution in [0.1, 0.15) is 5.56 Å². The third kappa shape index (κ3) is 3.39. The Morgan fingerprint density at radius 3 is 2.76 bits per heavy atom. The first-order valence-corrected chi connectivity index (χ1v) is 5.81. The molecular formula is C13H17N3O. The molecule has 17 heavy (non-hydrogen) atoms. The molecule has 2 rings (SSSR count). The van der Waals surface area contributed by atoms with Crippen LogP contribution in [0.5, 0.6) is 0 Å². The Labute approximate surface area is 102 Å². The normalized spacial score (nSPS) is 17.6. The van der Waals surface area contributed by atoms with Gasteiger partial charge in [0.15, 0.2) is 0 Å². The largest absolute Gasteiger partial charge is 0.337 e. The Balaban J connectivity index is 1.91. The van der Waals surface area contributed by atoms with E-state index in [-0.39, 0.29) is 5.91 Å². The highest BCUT2D eigenvalue weighted by Gasteiger charge is 2.16. The molecule has 0 aliphatic carbocycles. The second-order valence-corrected chi connectivity index (χ2v) is 4.25. The van der Waals surface area contributed by atoms with Crippen LogP contribution in [0, 0.1) is 0 Å². The molecule has 0 aromatic carbocycles. The molecule has 1 aliphatic rings. The van der Waals surface area contributed by atoms with Gasteiger partial charge in [0.2, 0.25) is 5.91 Å². The number of amides is 1. The van der Waals surface area contributed by atoms with Crippen LogP contribution in [-0.4, -0.2) is 53.9 Å². The predicted octanol–water partition coefficient (Wildman–Crippen LogP) is 0.869. The van der Waals surface area contributed by atoms with Crippen molar-refractivity contribution in [3.63, 3.8) is 0 Å². The van der Waals surface area contributed by atoms with Crippen molar-refractivity contribution in [1.82, 2.24) is 14.8 Å². The van der Waals surface area contributed by atoms with E-state index in [1.54, 1.807) is 18.5 Å². The van der Waals surface area contributed by atoms with E-state index in [4.69, 9.17) is 0 Å². The molecule has 4 heteroatoms. The van der Waals surface area contributed by atoms with E-state index < -0.39 is 0 Å². The number of carbonyl (C=O) groups excluding carboxylic acids is 1. The number of aromatic nitrogens is 1. The molecular weight excluding hydrogens is 214 g/mol. The van der Waals surface area contributed by atoms with Crippen LogP contribution in [0.3, 0.4) is 0 Å². The Bertz CT molecular complexity index is 394. The summed E-state index contributed by atoms with van der Waals surface area (Å²) >= 11 is 0. The van der Waals surface area contributed by atoms with Crippen LogP contribution >= 0.6 is 0 Å². The van der Waals surface area contributed by atoms with Gasteiger partial charge in [-0.25, -0.2) is 0 Å². The van der Waals surface area contributed by atoms with Gasteiger partial charge in [0.1, 0.15) is 0 Å². The Morgan fingerprint density at radius 2 is 2.12 bits per heavy atom. The fourth-order valence-electron chi connectivity index (χ4n) is 1.77. The highest BCUT2D eigenvalue weighted by molar-refractivity contribution is 5.91. The zero-order valence-corrected chi connectivity index (χ0v) is 10.0. The zero-order chi connectivity index (χ0) is 12.1. The minimum absolute atomic E-state index is 0.0851. The number of nitrogens with zero attached hydrogens (tertiary/aromatic N) is 3. The van der Waals surface area contributed by atoms with E-state index in [1.165, 1.54) is 0 Å². The van der Waals surface area contributed by atoms with Crippen LogP contribution in [0.4, 0.5) is 0 Å². The summed E-state index contributed by atoms with van der Waals surface area (Å²) in [7, 11) is 2.08. The smallest absolute Gasteiger partial charge is 0.246 e. The van der Waals surface area contributed by atoms with Gasteiger partial charge >= 0.3 is 0 Å². The number of piperazine rings is 1. The monoisotopic (exact) mass is 231 g/mol. The molecule has 1 aromatic rings. The van der Waals surface area contributed by atoms with Gasteiger partial charge in [0, 0.05) is 44.6 Å². The molecule has 0 saturated carbocycles. The van der Waals surface area contributed by atoms with Crippen LogP contribution in [0.2, 0.25) is 0 Å². The minimum atomic E-state index is 0.0851. The Kier molecular flexibility index (Phi) is 3.88. The molecule has 1 fully saturated rings. The number of likely N-dealkylation sites (N-methyl/N-ethyl adjacent to an activating group) is 1. The van der Waals surface area contributed by atoms with Crippen molar-refractivity contribution in [2.24, 2.45) is 0 Å². The summed E-state index contributed by atoms with van der Waals surface area (Å²) in [6.07, 6.45) is 6.91. The summed E-state index contributed by atoms with van der Waals surface area (Å²) in [5.41, 5.74) is 0.954. The Hall–Kier alpha value is -1.68. The van der Waals surface area contributed by atoms with Gasteiger partial charge in [-0.15, -0.1) is 0 Å². The predicted molar refractivity (Wildman–Crippen MR) is 67.3 cm³/mol. The summed E-state index contributed by atoms with van der Waals surface area (Å²) in [6.45, 7) is 3.53. The van der Waals surface area contributed by atoms with Gasteiger partial charge in [0.25, 0.3) is 0 Å². The van der Waals surface area contributed by atoms with Crippen LogP contribution in [0.15, 0.2) is 30.6 Å². The van der Waals surface area contributed by atoms with E-state index in [9.17, 15) is 4.79 Å². The van der Waals surface area contributed by atoms with E-state index in [0.29, 0.717) is 0 Å².